The van der Waals surface area contributed by atoms with Crippen LogP contribution in [0.4, 0.5) is 0 Å². The van der Waals surface area contributed by atoms with E-state index >= 15 is 0 Å². The molecule has 0 aromatic rings. The zero-order chi connectivity index (χ0) is 36.5. The van der Waals surface area contributed by atoms with Crippen LogP contribution < -0.4 is 18.9 Å². The van der Waals surface area contributed by atoms with Crippen LogP contribution in [0.5, 0.6) is 0 Å². The Hall–Kier alpha value is -0.210. The second-order valence-electron chi connectivity index (χ2n) is 16.3. The second-order valence-corrected chi connectivity index (χ2v) is 16.3. The minimum atomic E-state index is -0.407. The summed E-state index contributed by atoms with van der Waals surface area (Å²) in [5, 5.41) is 9.34. The van der Waals surface area contributed by atoms with E-state index < -0.39 is 5.41 Å². The van der Waals surface area contributed by atoms with Crippen LogP contribution in [-0.2, 0) is 47.5 Å². The molecule has 3 spiro atoms. The van der Waals surface area contributed by atoms with E-state index in [1.54, 1.807) is 0 Å². The summed E-state index contributed by atoms with van der Waals surface area (Å²) in [5.41, 5.74) is -0.365. The summed E-state index contributed by atoms with van der Waals surface area (Å²) < 4.78 is 44.4. The van der Waals surface area contributed by atoms with Crippen molar-refractivity contribution < 1.29 is 72.9 Å². The van der Waals surface area contributed by atoms with Crippen LogP contribution in [0.2, 0.25) is 0 Å². The van der Waals surface area contributed by atoms with Gasteiger partial charge in [0.15, 0.2) is 34.7 Å². The molecule has 0 amide bonds. The van der Waals surface area contributed by atoms with E-state index in [0.29, 0.717) is 57.4 Å². The van der Waals surface area contributed by atoms with Crippen molar-refractivity contribution in [1.29, 1.82) is 0 Å². The summed E-state index contributed by atoms with van der Waals surface area (Å²) in [6, 6.07) is 0. The molecule has 3 aliphatic carbocycles. The Bertz CT molecular complexity index is 1050. The predicted molar refractivity (Wildman–Crippen MR) is 198 cm³/mol. The molecule has 0 radical (unpaired) electrons. The number of aliphatic hydroxyl groups excluding tert-OH is 1. The molecule has 3 saturated carbocycles. The second kappa shape index (κ2) is 21.4. The van der Waals surface area contributed by atoms with E-state index in [1.165, 1.54) is 0 Å². The number of carbonyl (C=O) groups is 2. The Morgan fingerprint density at radius 3 is 1.37 bits per heavy atom. The summed E-state index contributed by atoms with van der Waals surface area (Å²) in [6.07, 6.45) is 11.7. The first-order valence-electron chi connectivity index (χ1n) is 19.5. The van der Waals surface area contributed by atoms with E-state index in [4.69, 9.17) is 37.9 Å². The number of carbonyl (C=O) groups excluding carboxylic acids is 2. The molecular weight excluding hydrogens is 678 g/mol. The minimum Gasteiger partial charge on any atom is -1.00 e. The molecule has 52 heavy (non-hydrogen) atoms. The largest absolute Gasteiger partial charge is 1.00 e. The predicted octanol–water partition coefficient (Wildman–Crippen LogP) is 2.50. The van der Waals surface area contributed by atoms with Gasteiger partial charge in [-0.15, -0.1) is 0 Å². The number of hydrogen-bond donors (Lipinski definition) is 1. The number of ether oxygens (including phenoxy) is 8. The summed E-state index contributed by atoms with van der Waals surface area (Å²) >= 11 is 0. The van der Waals surface area contributed by atoms with E-state index in [0.717, 1.165) is 90.3 Å². The van der Waals surface area contributed by atoms with E-state index in [-0.39, 0.29) is 84.9 Å². The van der Waals surface area contributed by atoms with Crippen LogP contribution in [0, 0.1) is 34.5 Å². The molecule has 1 unspecified atom stereocenters. The average molecular weight is 751 g/mol. The first-order chi connectivity index (χ1) is 23.7. The van der Waals surface area contributed by atoms with E-state index in [2.05, 4.69) is 13.8 Å². The Balaban J connectivity index is 0.000000388. The Kier molecular flexibility index (Phi) is 19.7. The zero-order valence-electron chi connectivity index (χ0n) is 34.2. The maximum atomic E-state index is 12.0. The average Bonchev–Trinajstić information content (AvgIpc) is 3.89. The minimum absolute atomic E-state index is 0. The monoisotopic (exact) mass is 751 g/mol. The van der Waals surface area contributed by atoms with Gasteiger partial charge in [0.1, 0.15) is 0 Å². The summed E-state index contributed by atoms with van der Waals surface area (Å²) in [4.78, 5) is 23.7. The van der Waals surface area contributed by atoms with Gasteiger partial charge in [-0.2, -0.15) is 0 Å². The molecule has 3 saturated heterocycles. The number of esters is 2. The van der Waals surface area contributed by atoms with Gasteiger partial charge in [-0.05, 0) is 89.4 Å². The smallest absolute Gasteiger partial charge is 1.00 e. The third-order valence-electron chi connectivity index (χ3n) is 12.4. The van der Waals surface area contributed by atoms with Crippen LogP contribution in [0.25, 0.3) is 0 Å². The summed E-state index contributed by atoms with van der Waals surface area (Å²) in [5.74, 6) is 0.270. The molecule has 3 aliphatic heterocycles. The Labute approximate surface area is 337 Å². The molecule has 298 valence electrons. The first-order valence-corrected chi connectivity index (χ1v) is 19.5. The fraction of sp³-hybridized carbons (Fsp3) is 0.949. The van der Waals surface area contributed by atoms with Crippen LogP contribution in [0.15, 0.2) is 0 Å². The van der Waals surface area contributed by atoms with Crippen LogP contribution in [0.1, 0.15) is 127 Å². The van der Waals surface area contributed by atoms with Crippen molar-refractivity contribution in [3.8, 4) is 0 Å². The first kappa shape index (κ1) is 47.9. The van der Waals surface area contributed by atoms with Gasteiger partial charge in [0, 0.05) is 45.1 Å². The molecule has 13 heteroatoms. The van der Waals surface area contributed by atoms with E-state index in [9.17, 15) is 14.7 Å². The number of aliphatic hydroxyl groups is 1. The molecule has 1 N–H and O–H groups in total. The summed E-state index contributed by atoms with van der Waals surface area (Å²) in [7, 11) is 0. The van der Waals surface area contributed by atoms with Crippen LogP contribution in [0.3, 0.4) is 0 Å². The molecule has 6 fully saturated rings. The van der Waals surface area contributed by atoms with Gasteiger partial charge in [0.05, 0.1) is 64.2 Å². The van der Waals surface area contributed by atoms with Crippen molar-refractivity contribution in [2.75, 3.05) is 59.5 Å². The molecule has 0 bridgehead atoms. The van der Waals surface area contributed by atoms with Gasteiger partial charge in [-0.25, -0.2) is 0 Å². The number of rotatable bonds is 8. The third-order valence-corrected chi connectivity index (χ3v) is 12.4. The molecule has 1 atom stereocenters. The van der Waals surface area contributed by atoms with Crippen molar-refractivity contribution in [3.05, 3.63) is 0 Å². The topological polar surface area (TPSA) is 128 Å². The van der Waals surface area contributed by atoms with Crippen molar-refractivity contribution in [2.45, 2.75) is 143 Å². The van der Waals surface area contributed by atoms with E-state index in [1.807, 2.05) is 34.6 Å². The van der Waals surface area contributed by atoms with Gasteiger partial charge in [0.2, 0.25) is 0 Å². The maximum Gasteiger partial charge on any atom is 1.00 e. The molecule has 3 heterocycles. The van der Waals surface area contributed by atoms with Gasteiger partial charge in [-0.3, -0.25) is 9.59 Å². The van der Waals surface area contributed by atoms with Crippen molar-refractivity contribution >= 4 is 29.3 Å². The zero-order valence-corrected chi connectivity index (χ0v) is 33.2. The van der Waals surface area contributed by atoms with Crippen molar-refractivity contribution in [2.24, 2.45) is 34.5 Å². The molecule has 0 aromatic carbocycles. The van der Waals surface area contributed by atoms with Crippen molar-refractivity contribution in [1.82, 2.24) is 0 Å². The molecule has 6 rings (SSSR count). The Morgan fingerprint density at radius 2 is 1.02 bits per heavy atom. The Morgan fingerprint density at radius 1 is 0.673 bits per heavy atom. The van der Waals surface area contributed by atoms with Crippen LogP contribution in [-0.4, -0.2) is 111 Å². The SMILES string of the molecule is CC(C)(CO)C1CCC2(CC1)OCCO2.CCOC(=O)C(C)(C)C1CCC2(CC1)OCCO2.CCOC(=O)C(C)C1CCC2(CC1)OCCO2.[AlH3].[H-].[Li+]. The quantitative estimate of drug-likeness (QED) is 0.291. The molecule has 6 aliphatic rings. The molecule has 0 aromatic heterocycles. The molecule has 11 nitrogen and oxygen atoms in total. The fourth-order valence-corrected chi connectivity index (χ4v) is 8.63. The van der Waals surface area contributed by atoms with Gasteiger partial charge in [-0.1, -0.05) is 20.8 Å². The fourth-order valence-electron chi connectivity index (χ4n) is 8.63. The number of hydrogen-bond acceptors (Lipinski definition) is 11. The normalized spacial score (nSPS) is 26.9. The van der Waals surface area contributed by atoms with Crippen molar-refractivity contribution in [3.63, 3.8) is 0 Å². The maximum absolute atomic E-state index is 12.0. The van der Waals surface area contributed by atoms with Gasteiger partial charge >= 0.3 is 30.8 Å². The summed E-state index contributed by atoms with van der Waals surface area (Å²) in [6.45, 7) is 19.4. The van der Waals surface area contributed by atoms with Gasteiger partial charge in [0.25, 0.3) is 0 Å². The standard InChI is InChI=1S/C14H24O4.C13H22O4.C12H22O3.Al.Li.4H/c1-4-16-12(15)13(2,3)11-5-7-14(8-6-11)17-9-10-18-14;1-3-15-12(14)10(2)11-4-6-13(7-5-11)16-8-9-17-13;1-11(2,9-13)10-3-5-12(6-4-10)14-7-8-15-12;;;;;;/h11H,4-10H2,1-3H3;10-11H,3-9H2,1-2H3;10,13H,3-9H2,1-2H3;;;;;;/q;;;;+1;;;;-1. The molecular formula is C39H72AlLiO11. The van der Waals surface area contributed by atoms with Gasteiger partial charge < -0.3 is 44.4 Å². The third kappa shape index (κ3) is 12.4. The van der Waals surface area contributed by atoms with Crippen LogP contribution >= 0.6 is 0 Å².